The number of cyclic esters (lactones) is 1. The zero-order chi connectivity index (χ0) is 16.0. The quantitative estimate of drug-likeness (QED) is 0.638. The fourth-order valence-electron chi connectivity index (χ4n) is 2.66. The lowest BCUT2D eigenvalue weighted by Gasteiger charge is -1.99. The molecule has 5 heteroatoms. The third-order valence-electron chi connectivity index (χ3n) is 4.13. The summed E-state index contributed by atoms with van der Waals surface area (Å²) in [4.78, 5) is 16.0. The summed E-state index contributed by atoms with van der Waals surface area (Å²) >= 11 is 0. The van der Waals surface area contributed by atoms with Crippen LogP contribution in [0.1, 0.15) is 36.3 Å². The predicted molar refractivity (Wildman–Crippen MR) is 82.2 cm³/mol. The number of nitrogens with zero attached hydrogens (tertiary/aromatic N) is 1. The van der Waals surface area contributed by atoms with Crippen molar-refractivity contribution in [3.63, 3.8) is 0 Å². The lowest BCUT2D eigenvalue weighted by Crippen LogP contribution is -2.07. The Hall–Kier alpha value is -2.69. The van der Waals surface area contributed by atoms with Gasteiger partial charge in [0.05, 0.1) is 5.56 Å². The van der Waals surface area contributed by atoms with Gasteiger partial charge in [0.25, 0.3) is 0 Å². The van der Waals surface area contributed by atoms with Crippen molar-refractivity contribution < 1.29 is 18.3 Å². The van der Waals surface area contributed by atoms with Crippen LogP contribution in [0.5, 0.6) is 0 Å². The van der Waals surface area contributed by atoms with E-state index in [0.29, 0.717) is 17.6 Å². The first-order valence-corrected chi connectivity index (χ1v) is 7.49. The Morgan fingerprint density at radius 1 is 1.26 bits per heavy atom. The number of carbonyl (C=O) groups excluding carboxylic acids is 1. The average molecular weight is 311 g/mol. The van der Waals surface area contributed by atoms with Gasteiger partial charge >= 0.3 is 5.97 Å². The highest BCUT2D eigenvalue weighted by molar-refractivity contribution is 6.12. The Kier molecular flexibility index (Phi) is 3.15. The van der Waals surface area contributed by atoms with Gasteiger partial charge in [-0.2, -0.15) is 0 Å². The summed E-state index contributed by atoms with van der Waals surface area (Å²) in [5.41, 5.74) is 0.268. The molecule has 23 heavy (non-hydrogen) atoms. The number of furan rings is 1. The first-order valence-electron chi connectivity index (χ1n) is 7.49. The van der Waals surface area contributed by atoms with E-state index in [1.165, 1.54) is 18.2 Å². The molecule has 0 radical (unpaired) electrons. The van der Waals surface area contributed by atoms with Crippen LogP contribution in [0.15, 0.2) is 51.5 Å². The summed E-state index contributed by atoms with van der Waals surface area (Å²) in [6.45, 7) is 2.17. The van der Waals surface area contributed by atoms with Crippen LogP contribution in [-0.2, 0) is 9.53 Å². The topological polar surface area (TPSA) is 51.8 Å². The minimum atomic E-state index is -0.610. The number of rotatable bonds is 3. The van der Waals surface area contributed by atoms with Crippen molar-refractivity contribution in [2.24, 2.45) is 10.9 Å². The molecule has 1 aromatic carbocycles. The Morgan fingerprint density at radius 3 is 2.78 bits per heavy atom. The van der Waals surface area contributed by atoms with E-state index in [0.717, 1.165) is 12.2 Å². The maximum absolute atomic E-state index is 13.7. The number of halogens is 1. The van der Waals surface area contributed by atoms with Gasteiger partial charge in [-0.05, 0) is 36.6 Å². The Balaban J connectivity index is 1.62. The third kappa shape index (κ3) is 2.59. The average Bonchev–Trinajstić information content (AvgIpc) is 2.94. The van der Waals surface area contributed by atoms with E-state index < -0.39 is 11.8 Å². The SMILES string of the molecule is CC1CC1c1ccc(/C=C2\N=C(c3ccccc3F)OC2=O)o1. The fourth-order valence-corrected chi connectivity index (χ4v) is 2.66. The molecule has 116 valence electrons. The zero-order valence-corrected chi connectivity index (χ0v) is 12.5. The second-order valence-corrected chi connectivity index (χ2v) is 5.88. The highest BCUT2D eigenvalue weighted by atomic mass is 19.1. The van der Waals surface area contributed by atoms with E-state index in [4.69, 9.17) is 9.15 Å². The summed E-state index contributed by atoms with van der Waals surface area (Å²) in [5, 5.41) is 0. The van der Waals surface area contributed by atoms with Crippen molar-refractivity contribution in [3.05, 3.63) is 65.0 Å². The van der Waals surface area contributed by atoms with E-state index in [2.05, 4.69) is 11.9 Å². The van der Waals surface area contributed by atoms with Crippen LogP contribution < -0.4 is 0 Å². The molecular weight excluding hydrogens is 297 g/mol. The van der Waals surface area contributed by atoms with Gasteiger partial charge in [-0.1, -0.05) is 19.1 Å². The standard InChI is InChI=1S/C18H14FNO3/c1-10-8-13(10)16-7-6-11(22-16)9-15-18(21)23-17(20-15)12-4-2-3-5-14(12)19/h2-7,9-10,13H,8H2,1H3/b15-9-. The molecule has 0 bridgehead atoms. The summed E-state index contributed by atoms with van der Waals surface area (Å²) in [6, 6.07) is 9.76. The number of benzene rings is 1. The van der Waals surface area contributed by atoms with Crippen LogP contribution in [0.25, 0.3) is 6.08 Å². The van der Waals surface area contributed by atoms with Gasteiger partial charge in [-0.3, -0.25) is 0 Å². The number of aliphatic imine (C=N–C) groups is 1. The molecule has 0 saturated heterocycles. The van der Waals surface area contributed by atoms with Gasteiger partial charge < -0.3 is 9.15 Å². The van der Waals surface area contributed by atoms with Gasteiger partial charge in [0.2, 0.25) is 5.90 Å². The smallest absolute Gasteiger partial charge is 0.363 e. The molecule has 1 fully saturated rings. The Morgan fingerprint density at radius 2 is 2.04 bits per heavy atom. The Bertz CT molecular complexity index is 849. The number of ether oxygens (including phenoxy) is 1. The van der Waals surface area contributed by atoms with Crippen molar-refractivity contribution in [2.45, 2.75) is 19.3 Å². The van der Waals surface area contributed by atoms with Gasteiger partial charge in [-0.25, -0.2) is 14.2 Å². The van der Waals surface area contributed by atoms with Gasteiger partial charge in [0, 0.05) is 12.0 Å². The molecule has 1 aliphatic heterocycles. The van der Waals surface area contributed by atoms with Crippen LogP contribution in [-0.4, -0.2) is 11.9 Å². The highest BCUT2D eigenvalue weighted by Crippen LogP contribution is 2.47. The largest absolute Gasteiger partial charge is 0.461 e. The molecule has 0 amide bonds. The molecule has 1 saturated carbocycles. The van der Waals surface area contributed by atoms with E-state index in [9.17, 15) is 9.18 Å². The molecule has 2 atom stereocenters. The summed E-state index contributed by atoms with van der Waals surface area (Å²) in [6.07, 6.45) is 2.65. The van der Waals surface area contributed by atoms with Crippen molar-refractivity contribution in [3.8, 4) is 0 Å². The zero-order valence-electron chi connectivity index (χ0n) is 12.5. The maximum atomic E-state index is 13.7. The lowest BCUT2D eigenvalue weighted by atomic mass is 10.2. The minimum absolute atomic E-state index is 0.0260. The predicted octanol–water partition coefficient (Wildman–Crippen LogP) is 3.89. The highest BCUT2D eigenvalue weighted by Gasteiger charge is 2.36. The van der Waals surface area contributed by atoms with Crippen LogP contribution in [0.3, 0.4) is 0 Å². The van der Waals surface area contributed by atoms with Crippen molar-refractivity contribution in [1.82, 2.24) is 0 Å². The molecule has 1 aromatic heterocycles. The van der Waals surface area contributed by atoms with Crippen molar-refractivity contribution >= 4 is 17.9 Å². The van der Waals surface area contributed by atoms with Crippen LogP contribution >= 0.6 is 0 Å². The van der Waals surface area contributed by atoms with Crippen LogP contribution in [0, 0.1) is 11.7 Å². The molecule has 4 nitrogen and oxygen atoms in total. The second kappa shape index (κ2) is 5.19. The maximum Gasteiger partial charge on any atom is 0.363 e. The van der Waals surface area contributed by atoms with Gasteiger partial charge in [0.1, 0.15) is 17.3 Å². The number of hydrogen-bond acceptors (Lipinski definition) is 4. The van der Waals surface area contributed by atoms with E-state index >= 15 is 0 Å². The molecule has 2 aliphatic rings. The van der Waals surface area contributed by atoms with E-state index in [-0.39, 0.29) is 17.2 Å². The number of carbonyl (C=O) groups is 1. The normalized spacial score (nSPS) is 24.7. The minimum Gasteiger partial charge on any atom is -0.461 e. The molecular formula is C18H14FNO3. The summed E-state index contributed by atoms with van der Waals surface area (Å²) in [7, 11) is 0. The van der Waals surface area contributed by atoms with Crippen molar-refractivity contribution in [2.75, 3.05) is 0 Å². The molecule has 0 N–H and O–H groups in total. The molecule has 1 aliphatic carbocycles. The molecule has 2 heterocycles. The van der Waals surface area contributed by atoms with Crippen molar-refractivity contribution in [1.29, 1.82) is 0 Å². The summed E-state index contributed by atoms with van der Waals surface area (Å²) < 4.78 is 24.5. The first kappa shape index (κ1) is 13.9. The van der Waals surface area contributed by atoms with Crippen LogP contribution in [0.2, 0.25) is 0 Å². The molecule has 0 spiro atoms. The van der Waals surface area contributed by atoms with Gasteiger partial charge in [-0.15, -0.1) is 0 Å². The Labute approximate surface area is 132 Å². The number of hydrogen-bond donors (Lipinski definition) is 0. The third-order valence-corrected chi connectivity index (χ3v) is 4.13. The first-order chi connectivity index (χ1) is 11.1. The molecule has 4 rings (SSSR count). The fraction of sp³-hybridized carbons (Fsp3) is 0.222. The lowest BCUT2D eigenvalue weighted by molar-refractivity contribution is -0.129. The summed E-state index contributed by atoms with van der Waals surface area (Å²) in [5.74, 6) is 1.46. The molecule has 2 unspecified atom stereocenters. The molecule has 2 aromatic rings. The number of esters is 1. The van der Waals surface area contributed by atoms with Gasteiger partial charge in [0.15, 0.2) is 5.70 Å². The van der Waals surface area contributed by atoms with Crippen LogP contribution in [0.4, 0.5) is 4.39 Å². The van der Waals surface area contributed by atoms with E-state index in [1.54, 1.807) is 18.2 Å². The second-order valence-electron chi connectivity index (χ2n) is 5.88. The monoisotopic (exact) mass is 311 g/mol. The van der Waals surface area contributed by atoms with E-state index in [1.807, 2.05) is 6.07 Å².